The summed E-state index contributed by atoms with van der Waals surface area (Å²) < 4.78 is 0. The molecule has 0 spiro atoms. The normalized spacial score (nSPS) is 15.3. The van der Waals surface area contributed by atoms with Gasteiger partial charge in [-0.2, -0.15) is 0 Å². The van der Waals surface area contributed by atoms with Gasteiger partial charge in [-0.3, -0.25) is 4.79 Å². The smallest absolute Gasteiger partial charge is 0.183 e. The molecule has 0 saturated heterocycles. The number of fused-ring (bicyclic) bond motifs is 2. The van der Waals surface area contributed by atoms with Crippen molar-refractivity contribution in [3.05, 3.63) is 35.7 Å². The first kappa shape index (κ1) is 8.53. The zero-order valence-corrected chi connectivity index (χ0v) is 8.23. The number of aryl methyl sites for hydroxylation is 1. The maximum absolute atomic E-state index is 11.6. The molecule has 1 aromatic heterocycles. The molecule has 0 radical (unpaired) electrons. The third-order valence-electron chi connectivity index (χ3n) is 2.72. The first-order chi connectivity index (χ1) is 7.34. The van der Waals surface area contributed by atoms with Gasteiger partial charge in [0.15, 0.2) is 5.78 Å². The lowest BCUT2D eigenvalue weighted by molar-refractivity contribution is 0.0966. The van der Waals surface area contributed by atoms with Gasteiger partial charge in [-0.05, 0) is 25.0 Å². The van der Waals surface area contributed by atoms with Crippen LogP contribution in [0.5, 0.6) is 0 Å². The van der Waals surface area contributed by atoms with Crippen LogP contribution in [0.1, 0.15) is 29.0 Å². The fourth-order valence-corrected chi connectivity index (χ4v) is 1.97. The van der Waals surface area contributed by atoms with Gasteiger partial charge in [0.25, 0.3) is 0 Å². The molecule has 0 amide bonds. The predicted octanol–water partition coefficient (Wildman–Crippen LogP) is 2.15. The second-order valence-electron chi connectivity index (χ2n) is 3.78. The van der Waals surface area contributed by atoms with Gasteiger partial charge < -0.3 is 0 Å². The van der Waals surface area contributed by atoms with E-state index in [1.54, 1.807) is 0 Å². The van der Waals surface area contributed by atoms with Crippen LogP contribution in [-0.2, 0) is 6.42 Å². The molecule has 0 unspecified atom stereocenters. The lowest BCUT2D eigenvalue weighted by atomic mass is 9.99. The predicted molar refractivity (Wildman–Crippen MR) is 56.8 cm³/mol. The van der Waals surface area contributed by atoms with E-state index < -0.39 is 0 Å². The van der Waals surface area contributed by atoms with Crippen LogP contribution in [0.3, 0.4) is 0 Å². The van der Waals surface area contributed by atoms with Crippen molar-refractivity contribution in [3.8, 4) is 0 Å². The lowest BCUT2D eigenvalue weighted by Crippen LogP contribution is -2.14. The molecule has 3 rings (SSSR count). The average Bonchev–Trinajstić information content (AvgIpc) is 2.27. The summed E-state index contributed by atoms with van der Waals surface area (Å²) in [6, 6.07) is 7.68. The summed E-state index contributed by atoms with van der Waals surface area (Å²) >= 11 is 0. The molecule has 15 heavy (non-hydrogen) atoms. The number of nitrogens with zero attached hydrogens (tertiary/aromatic N) is 2. The van der Waals surface area contributed by atoms with Crippen molar-refractivity contribution in [3.63, 3.8) is 0 Å². The molecule has 1 aromatic carbocycles. The van der Waals surface area contributed by atoms with E-state index in [2.05, 4.69) is 9.97 Å². The van der Waals surface area contributed by atoms with Gasteiger partial charge in [0.1, 0.15) is 5.69 Å². The minimum Gasteiger partial charge on any atom is -0.292 e. The molecule has 3 nitrogen and oxygen atoms in total. The summed E-state index contributed by atoms with van der Waals surface area (Å²) in [6.07, 6.45) is 2.39. The fraction of sp³-hybridized carbons (Fsp3) is 0.250. The zero-order chi connectivity index (χ0) is 10.3. The number of ketones is 1. The zero-order valence-electron chi connectivity index (χ0n) is 8.23. The van der Waals surface area contributed by atoms with Crippen LogP contribution in [-0.4, -0.2) is 15.8 Å². The molecule has 0 bridgehead atoms. The fourth-order valence-electron chi connectivity index (χ4n) is 1.97. The van der Waals surface area contributed by atoms with Crippen LogP contribution in [0, 0.1) is 0 Å². The SMILES string of the molecule is O=C1CCCc2nc3ccccc3nc21. The number of rotatable bonds is 0. The lowest BCUT2D eigenvalue weighted by Gasteiger charge is -2.12. The van der Waals surface area contributed by atoms with E-state index in [4.69, 9.17) is 0 Å². The molecule has 74 valence electrons. The third kappa shape index (κ3) is 1.31. The molecule has 0 aliphatic heterocycles. The van der Waals surface area contributed by atoms with E-state index in [0.717, 1.165) is 29.6 Å². The first-order valence-electron chi connectivity index (χ1n) is 5.13. The van der Waals surface area contributed by atoms with E-state index in [9.17, 15) is 4.79 Å². The standard InChI is InChI=1S/C12H10N2O/c15-11-7-3-6-10-12(11)14-9-5-2-1-4-8(9)13-10/h1-2,4-5H,3,6-7H2. The van der Waals surface area contributed by atoms with Gasteiger partial charge in [-0.1, -0.05) is 12.1 Å². The summed E-state index contributed by atoms with van der Waals surface area (Å²) in [5.74, 6) is 0.134. The van der Waals surface area contributed by atoms with Crippen LogP contribution in [0.25, 0.3) is 11.0 Å². The number of carbonyl (C=O) groups is 1. The van der Waals surface area contributed by atoms with Crippen LogP contribution in [0.4, 0.5) is 0 Å². The van der Waals surface area contributed by atoms with Crippen molar-refractivity contribution in [2.45, 2.75) is 19.3 Å². The highest BCUT2D eigenvalue weighted by Gasteiger charge is 2.20. The summed E-state index contributed by atoms with van der Waals surface area (Å²) in [5, 5.41) is 0. The van der Waals surface area contributed by atoms with Crippen molar-refractivity contribution in [1.29, 1.82) is 0 Å². The summed E-state index contributed by atoms with van der Waals surface area (Å²) in [4.78, 5) is 20.5. The largest absolute Gasteiger partial charge is 0.292 e. The highest BCUT2D eigenvalue weighted by molar-refractivity contribution is 5.97. The van der Waals surface area contributed by atoms with Crippen LogP contribution >= 0.6 is 0 Å². The molecule has 0 saturated carbocycles. The highest BCUT2D eigenvalue weighted by Crippen LogP contribution is 2.20. The Hall–Kier alpha value is -1.77. The number of hydrogen-bond acceptors (Lipinski definition) is 3. The number of Topliss-reactive ketones (excluding diaryl/α,β-unsaturated/α-hetero) is 1. The van der Waals surface area contributed by atoms with Crippen LogP contribution < -0.4 is 0 Å². The maximum atomic E-state index is 11.6. The van der Waals surface area contributed by atoms with Crippen molar-refractivity contribution < 1.29 is 4.79 Å². The monoisotopic (exact) mass is 198 g/mol. The van der Waals surface area contributed by atoms with Gasteiger partial charge in [0, 0.05) is 6.42 Å². The van der Waals surface area contributed by atoms with E-state index in [-0.39, 0.29) is 5.78 Å². The Morgan fingerprint density at radius 3 is 2.53 bits per heavy atom. The van der Waals surface area contributed by atoms with Gasteiger partial charge in [0.2, 0.25) is 0 Å². The minimum absolute atomic E-state index is 0.134. The van der Waals surface area contributed by atoms with Gasteiger partial charge >= 0.3 is 0 Å². The van der Waals surface area contributed by atoms with Crippen molar-refractivity contribution in [1.82, 2.24) is 9.97 Å². The Balaban J connectivity index is 2.32. The van der Waals surface area contributed by atoms with Crippen LogP contribution in [0.15, 0.2) is 24.3 Å². The first-order valence-corrected chi connectivity index (χ1v) is 5.13. The molecule has 1 aliphatic carbocycles. The van der Waals surface area contributed by atoms with E-state index in [0.29, 0.717) is 12.1 Å². The Morgan fingerprint density at radius 2 is 1.73 bits per heavy atom. The third-order valence-corrected chi connectivity index (χ3v) is 2.72. The molecule has 1 heterocycles. The Bertz CT molecular complexity index is 548. The second kappa shape index (κ2) is 3.12. The van der Waals surface area contributed by atoms with Gasteiger partial charge in [-0.15, -0.1) is 0 Å². The van der Waals surface area contributed by atoms with E-state index >= 15 is 0 Å². The Kier molecular flexibility index (Phi) is 1.78. The molecular weight excluding hydrogens is 188 g/mol. The minimum atomic E-state index is 0.134. The topological polar surface area (TPSA) is 42.9 Å². The summed E-state index contributed by atoms with van der Waals surface area (Å²) in [7, 11) is 0. The molecule has 0 N–H and O–H groups in total. The molecule has 3 heteroatoms. The number of benzene rings is 1. The van der Waals surface area contributed by atoms with E-state index in [1.165, 1.54) is 0 Å². The highest BCUT2D eigenvalue weighted by atomic mass is 16.1. The van der Waals surface area contributed by atoms with Crippen LogP contribution in [0.2, 0.25) is 0 Å². The van der Waals surface area contributed by atoms with Gasteiger partial charge in [-0.25, -0.2) is 9.97 Å². The van der Waals surface area contributed by atoms with Crippen molar-refractivity contribution in [2.24, 2.45) is 0 Å². The number of hydrogen-bond donors (Lipinski definition) is 0. The maximum Gasteiger partial charge on any atom is 0.183 e. The molecule has 2 aromatic rings. The number of para-hydroxylation sites is 2. The molecular formula is C12H10N2O. The second-order valence-corrected chi connectivity index (χ2v) is 3.78. The molecule has 0 fully saturated rings. The Labute approximate surface area is 87.2 Å². The Morgan fingerprint density at radius 1 is 1.00 bits per heavy atom. The van der Waals surface area contributed by atoms with E-state index in [1.807, 2.05) is 24.3 Å². The summed E-state index contributed by atoms with van der Waals surface area (Å²) in [5.41, 5.74) is 3.14. The summed E-state index contributed by atoms with van der Waals surface area (Å²) in [6.45, 7) is 0. The average molecular weight is 198 g/mol. The number of aromatic nitrogens is 2. The molecule has 1 aliphatic rings. The van der Waals surface area contributed by atoms with Crippen molar-refractivity contribution >= 4 is 16.8 Å². The quantitative estimate of drug-likeness (QED) is 0.651. The molecule has 0 atom stereocenters. The van der Waals surface area contributed by atoms with Crippen molar-refractivity contribution in [2.75, 3.05) is 0 Å². The van der Waals surface area contributed by atoms with Gasteiger partial charge in [0.05, 0.1) is 16.7 Å². The number of carbonyl (C=O) groups excluding carboxylic acids is 1.